The first-order chi connectivity index (χ1) is 6.59. The minimum absolute atomic E-state index is 0.0509. The van der Waals surface area contributed by atoms with E-state index in [2.05, 4.69) is 6.58 Å². The zero-order valence-corrected chi connectivity index (χ0v) is 8.19. The number of ketones is 1. The smallest absolute Gasteiger partial charge is 0.188 e. The van der Waals surface area contributed by atoms with Crippen LogP contribution in [0.25, 0.3) is 0 Å². The summed E-state index contributed by atoms with van der Waals surface area (Å²) in [6, 6.07) is 0. The molecule has 14 heavy (non-hydrogen) atoms. The fourth-order valence-electron chi connectivity index (χ4n) is 1.34. The fourth-order valence-corrected chi connectivity index (χ4v) is 1.34. The van der Waals surface area contributed by atoms with E-state index < -0.39 is 5.79 Å². The van der Waals surface area contributed by atoms with E-state index in [1.165, 1.54) is 13.2 Å². The van der Waals surface area contributed by atoms with Gasteiger partial charge in [0.2, 0.25) is 0 Å². The van der Waals surface area contributed by atoms with Crippen LogP contribution in [0.1, 0.15) is 12.8 Å². The molecule has 1 rings (SSSR count). The predicted molar refractivity (Wildman–Crippen MR) is 53.6 cm³/mol. The lowest BCUT2D eigenvalue weighted by Gasteiger charge is -2.26. The van der Waals surface area contributed by atoms with Crippen molar-refractivity contribution in [1.82, 2.24) is 0 Å². The monoisotopic (exact) mass is 194 g/mol. The van der Waals surface area contributed by atoms with Crippen LogP contribution in [0.15, 0.2) is 36.5 Å². The molecular formula is C11H14O3. The lowest BCUT2D eigenvalue weighted by atomic mass is 9.95. The molecule has 76 valence electrons. The Bertz CT molecular complexity index is 302. The molecule has 0 spiro atoms. The maximum Gasteiger partial charge on any atom is 0.188 e. The highest BCUT2D eigenvalue weighted by Crippen LogP contribution is 2.25. The van der Waals surface area contributed by atoms with Crippen molar-refractivity contribution in [2.24, 2.45) is 0 Å². The second kappa shape index (κ2) is 4.35. The van der Waals surface area contributed by atoms with Gasteiger partial charge in [-0.1, -0.05) is 24.3 Å². The van der Waals surface area contributed by atoms with Gasteiger partial charge in [0, 0.05) is 20.0 Å². The van der Waals surface area contributed by atoms with Crippen LogP contribution < -0.4 is 0 Å². The highest BCUT2D eigenvalue weighted by atomic mass is 16.6. The average molecular weight is 194 g/mol. The summed E-state index contributed by atoms with van der Waals surface area (Å²) in [7, 11) is 1.43. The van der Waals surface area contributed by atoms with Gasteiger partial charge in [0.05, 0.1) is 0 Å². The van der Waals surface area contributed by atoms with Crippen molar-refractivity contribution >= 4 is 5.78 Å². The fraction of sp³-hybridized carbons (Fsp3) is 0.364. The molecule has 0 radical (unpaired) electrons. The Morgan fingerprint density at radius 1 is 1.86 bits per heavy atom. The van der Waals surface area contributed by atoms with E-state index in [0.717, 1.165) is 5.57 Å². The topological polar surface area (TPSA) is 46.5 Å². The maximum atomic E-state index is 11.1. The number of hydrogen-bond acceptors (Lipinski definition) is 3. The molecule has 0 aliphatic heterocycles. The quantitative estimate of drug-likeness (QED) is 0.543. The first-order valence-corrected chi connectivity index (χ1v) is 4.40. The predicted octanol–water partition coefficient (Wildman–Crippen LogP) is 1.35. The van der Waals surface area contributed by atoms with Crippen molar-refractivity contribution in [2.75, 3.05) is 7.11 Å². The lowest BCUT2D eigenvalue weighted by Crippen LogP contribution is -2.30. The van der Waals surface area contributed by atoms with Crippen molar-refractivity contribution in [3.8, 4) is 0 Å². The Hall–Kier alpha value is -1.19. The van der Waals surface area contributed by atoms with Crippen molar-refractivity contribution in [2.45, 2.75) is 18.6 Å². The number of carbonyl (C=O) groups is 1. The van der Waals surface area contributed by atoms with E-state index >= 15 is 0 Å². The molecule has 1 aliphatic rings. The van der Waals surface area contributed by atoms with Gasteiger partial charge in [-0.15, -0.1) is 0 Å². The number of carbonyl (C=O) groups excluding carboxylic acids is 1. The molecule has 0 bridgehead atoms. The van der Waals surface area contributed by atoms with Gasteiger partial charge in [0.15, 0.2) is 11.6 Å². The van der Waals surface area contributed by atoms with Gasteiger partial charge in [-0.05, 0) is 12.2 Å². The largest absolute Gasteiger partial charge is 0.362 e. The Morgan fingerprint density at radius 3 is 3.14 bits per heavy atom. The van der Waals surface area contributed by atoms with Gasteiger partial charge in [-0.3, -0.25) is 4.79 Å². The molecule has 1 atom stereocenters. The molecule has 0 amide bonds. The lowest BCUT2D eigenvalue weighted by molar-refractivity contribution is -0.145. The molecule has 0 saturated heterocycles. The highest BCUT2D eigenvalue weighted by Gasteiger charge is 2.26. The van der Waals surface area contributed by atoms with E-state index in [1.807, 2.05) is 6.08 Å². The molecule has 1 unspecified atom stereocenters. The van der Waals surface area contributed by atoms with Crippen LogP contribution in [0.4, 0.5) is 0 Å². The molecule has 1 N–H and O–H groups in total. The van der Waals surface area contributed by atoms with Crippen LogP contribution >= 0.6 is 0 Å². The Labute approximate surface area is 83.4 Å². The summed E-state index contributed by atoms with van der Waals surface area (Å²) >= 11 is 0. The SMILES string of the molecule is C=CC(=O)CC1=CC=CC(O)(OC)C1. The van der Waals surface area contributed by atoms with Crippen molar-refractivity contribution in [3.63, 3.8) is 0 Å². The van der Waals surface area contributed by atoms with Crippen LogP contribution in [0.3, 0.4) is 0 Å². The molecule has 3 heteroatoms. The van der Waals surface area contributed by atoms with Gasteiger partial charge < -0.3 is 9.84 Å². The van der Waals surface area contributed by atoms with E-state index in [-0.39, 0.29) is 5.78 Å². The van der Waals surface area contributed by atoms with Crippen molar-refractivity contribution in [1.29, 1.82) is 0 Å². The van der Waals surface area contributed by atoms with E-state index in [0.29, 0.717) is 12.8 Å². The van der Waals surface area contributed by atoms with E-state index in [1.54, 1.807) is 12.2 Å². The number of hydrogen-bond donors (Lipinski definition) is 1. The van der Waals surface area contributed by atoms with Gasteiger partial charge >= 0.3 is 0 Å². The van der Waals surface area contributed by atoms with Crippen LogP contribution in [0.5, 0.6) is 0 Å². The summed E-state index contributed by atoms with van der Waals surface area (Å²) < 4.78 is 4.91. The Morgan fingerprint density at radius 2 is 2.57 bits per heavy atom. The molecule has 0 saturated carbocycles. The van der Waals surface area contributed by atoms with Crippen molar-refractivity contribution in [3.05, 3.63) is 36.5 Å². The molecule has 0 heterocycles. The molecule has 3 nitrogen and oxygen atoms in total. The van der Waals surface area contributed by atoms with Gasteiger partial charge in [-0.2, -0.15) is 0 Å². The maximum absolute atomic E-state index is 11.1. The number of allylic oxidation sites excluding steroid dienone is 3. The molecule has 0 aromatic carbocycles. The van der Waals surface area contributed by atoms with Gasteiger partial charge in [-0.25, -0.2) is 0 Å². The summed E-state index contributed by atoms with van der Waals surface area (Å²) in [5, 5.41) is 9.75. The average Bonchev–Trinajstić information content (AvgIpc) is 2.18. The molecular weight excluding hydrogens is 180 g/mol. The van der Waals surface area contributed by atoms with Gasteiger partial charge in [0.1, 0.15) is 0 Å². The zero-order valence-electron chi connectivity index (χ0n) is 8.19. The standard InChI is InChI=1S/C11H14O3/c1-3-10(12)7-9-5-4-6-11(13,8-9)14-2/h3-6,13H,1,7-8H2,2H3. The zero-order chi connectivity index (χ0) is 10.6. The van der Waals surface area contributed by atoms with Crippen LogP contribution in [0.2, 0.25) is 0 Å². The molecule has 1 aliphatic carbocycles. The molecule has 0 aromatic rings. The minimum Gasteiger partial charge on any atom is -0.362 e. The van der Waals surface area contributed by atoms with Crippen LogP contribution in [0, 0.1) is 0 Å². The number of methoxy groups -OCH3 is 1. The Kier molecular flexibility index (Phi) is 3.38. The third kappa shape index (κ3) is 2.65. The summed E-state index contributed by atoms with van der Waals surface area (Å²) in [6.45, 7) is 3.39. The van der Waals surface area contributed by atoms with Crippen molar-refractivity contribution < 1.29 is 14.6 Å². The number of ether oxygens (including phenoxy) is 1. The minimum atomic E-state index is -1.26. The third-order valence-corrected chi connectivity index (χ3v) is 2.15. The molecule has 0 aromatic heterocycles. The first-order valence-electron chi connectivity index (χ1n) is 4.40. The third-order valence-electron chi connectivity index (χ3n) is 2.15. The normalized spacial score (nSPS) is 25.7. The van der Waals surface area contributed by atoms with E-state index in [9.17, 15) is 9.90 Å². The molecule has 0 fully saturated rings. The second-order valence-corrected chi connectivity index (χ2v) is 3.26. The summed E-state index contributed by atoms with van der Waals surface area (Å²) in [6.07, 6.45) is 6.98. The summed E-state index contributed by atoms with van der Waals surface area (Å²) in [5.74, 6) is -1.31. The number of rotatable bonds is 4. The first kappa shape index (κ1) is 10.9. The van der Waals surface area contributed by atoms with Gasteiger partial charge in [0.25, 0.3) is 0 Å². The second-order valence-electron chi connectivity index (χ2n) is 3.26. The summed E-state index contributed by atoms with van der Waals surface area (Å²) in [5.41, 5.74) is 0.849. The van der Waals surface area contributed by atoms with Crippen LogP contribution in [-0.4, -0.2) is 23.8 Å². The van der Waals surface area contributed by atoms with E-state index in [4.69, 9.17) is 4.74 Å². The number of aliphatic hydroxyl groups is 1. The Balaban J connectivity index is 2.65. The van der Waals surface area contributed by atoms with Crippen LogP contribution in [-0.2, 0) is 9.53 Å². The highest BCUT2D eigenvalue weighted by molar-refractivity contribution is 5.90. The summed E-state index contributed by atoms with van der Waals surface area (Å²) in [4.78, 5) is 11.1.